The molecule has 9 nitrogen and oxygen atoms in total. The van der Waals surface area contributed by atoms with E-state index in [0.717, 1.165) is 47.8 Å². The van der Waals surface area contributed by atoms with Gasteiger partial charge in [-0.1, -0.05) is 11.3 Å². The number of thiazole rings is 1. The fourth-order valence-electron chi connectivity index (χ4n) is 3.66. The van der Waals surface area contributed by atoms with Crippen LogP contribution in [0.3, 0.4) is 0 Å². The lowest BCUT2D eigenvalue weighted by Crippen LogP contribution is -2.25. The number of nitrogens with one attached hydrogen (secondary N) is 1. The summed E-state index contributed by atoms with van der Waals surface area (Å²) in [5, 5.41) is 3.06. The van der Waals surface area contributed by atoms with Crippen LogP contribution in [0.4, 0.5) is 10.8 Å². The van der Waals surface area contributed by atoms with Crippen molar-refractivity contribution in [1.82, 2.24) is 9.29 Å². The maximum atomic E-state index is 13.3. The van der Waals surface area contributed by atoms with Crippen molar-refractivity contribution in [2.24, 2.45) is 0 Å². The van der Waals surface area contributed by atoms with Crippen molar-refractivity contribution < 1.29 is 21.6 Å². The molecule has 0 aliphatic carbocycles. The Kier molecular flexibility index (Phi) is 6.20. The second-order valence-corrected chi connectivity index (χ2v) is 13.2. The van der Waals surface area contributed by atoms with E-state index < -0.39 is 25.8 Å². The van der Waals surface area contributed by atoms with Gasteiger partial charge in [0.15, 0.2) is 15.0 Å². The van der Waals surface area contributed by atoms with Crippen LogP contribution in [0.2, 0.25) is 0 Å². The molecule has 12 heteroatoms. The van der Waals surface area contributed by atoms with Crippen molar-refractivity contribution in [2.75, 3.05) is 43.7 Å². The first kappa shape index (κ1) is 23.6. The summed E-state index contributed by atoms with van der Waals surface area (Å²) in [6, 6.07) is 9.19. The molecule has 176 valence electrons. The predicted molar refractivity (Wildman–Crippen MR) is 129 cm³/mol. The van der Waals surface area contributed by atoms with Crippen molar-refractivity contribution >= 4 is 58.1 Å². The Morgan fingerprint density at radius 3 is 2.33 bits per heavy atom. The molecule has 1 amide bonds. The van der Waals surface area contributed by atoms with Crippen LogP contribution in [-0.4, -0.2) is 65.5 Å². The highest BCUT2D eigenvalue weighted by atomic mass is 32.2. The van der Waals surface area contributed by atoms with Gasteiger partial charge in [-0.25, -0.2) is 26.1 Å². The zero-order chi connectivity index (χ0) is 24.0. The maximum Gasteiger partial charge on any atom is 0.259 e. The summed E-state index contributed by atoms with van der Waals surface area (Å²) in [5.74, 6) is -0.477. The van der Waals surface area contributed by atoms with Crippen molar-refractivity contribution in [2.45, 2.75) is 22.6 Å². The number of fused-ring (bicyclic) bond motifs is 1. The van der Waals surface area contributed by atoms with Crippen molar-refractivity contribution in [3.05, 3.63) is 42.0 Å². The number of carbonyl (C=O) groups excluding carboxylic acids is 1. The second kappa shape index (κ2) is 8.67. The molecule has 1 aliphatic rings. The monoisotopic (exact) mass is 508 g/mol. The largest absolute Gasteiger partial charge is 0.371 e. The van der Waals surface area contributed by atoms with E-state index in [4.69, 9.17) is 0 Å². The normalized spacial score (nSPS) is 14.8. The highest BCUT2D eigenvalue weighted by Gasteiger charge is 2.25. The van der Waals surface area contributed by atoms with Gasteiger partial charge in [-0.3, -0.25) is 10.1 Å². The van der Waals surface area contributed by atoms with Gasteiger partial charge in [0.2, 0.25) is 10.0 Å². The number of anilines is 2. The molecule has 2 aromatic carbocycles. The lowest BCUT2D eigenvalue weighted by Gasteiger charge is -2.22. The molecule has 0 bridgehead atoms. The fraction of sp³-hybridized carbons (Fsp3) is 0.333. The molecule has 4 rings (SSSR count). The van der Waals surface area contributed by atoms with E-state index >= 15 is 0 Å². The number of benzene rings is 2. The molecular weight excluding hydrogens is 484 g/mol. The average molecular weight is 509 g/mol. The van der Waals surface area contributed by atoms with Gasteiger partial charge >= 0.3 is 0 Å². The zero-order valence-corrected chi connectivity index (χ0v) is 20.8. The SMILES string of the molecule is CN(C)S(=O)(=O)c1ccc(N2CCCC2)c(C(=O)Nc2nc3ccc(S(C)(=O)=O)cc3s2)c1. The molecular formula is C21H24N4O5S3. The van der Waals surface area contributed by atoms with Gasteiger partial charge in [-0.2, -0.15) is 0 Å². The van der Waals surface area contributed by atoms with Gasteiger partial charge in [-0.05, 0) is 49.2 Å². The Morgan fingerprint density at radius 2 is 1.70 bits per heavy atom. The van der Waals surface area contributed by atoms with Crippen molar-refractivity contribution in [3.8, 4) is 0 Å². The van der Waals surface area contributed by atoms with Gasteiger partial charge in [0, 0.05) is 39.1 Å². The Morgan fingerprint density at radius 1 is 1.03 bits per heavy atom. The molecule has 1 fully saturated rings. The summed E-state index contributed by atoms with van der Waals surface area (Å²) in [7, 11) is -4.21. The Bertz CT molecular complexity index is 1440. The molecule has 1 aliphatic heterocycles. The summed E-state index contributed by atoms with van der Waals surface area (Å²) in [4.78, 5) is 19.9. The lowest BCUT2D eigenvalue weighted by atomic mass is 10.1. The van der Waals surface area contributed by atoms with Crippen LogP contribution in [0.5, 0.6) is 0 Å². The lowest BCUT2D eigenvalue weighted by molar-refractivity contribution is 0.102. The van der Waals surface area contributed by atoms with E-state index in [1.54, 1.807) is 12.1 Å². The molecule has 2 heterocycles. The third-order valence-electron chi connectivity index (χ3n) is 5.45. The standard InChI is InChI=1S/C21H24N4O5S3/c1-24(2)33(29,30)15-7-9-18(25-10-4-5-11-25)16(12-15)20(26)23-21-22-17-8-6-14(32(3,27)28)13-19(17)31-21/h6-9,12-13H,4-5,10-11H2,1-3H3,(H,22,23,26). The summed E-state index contributed by atoms with van der Waals surface area (Å²) >= 11 is 1.16. The minimum Gasteiger partial charge on any atom is -0.371 e. The van der Waals surface area contributed by atoms with Gasteiger partial charge < -0.3 is 4.90 Å². The van der Waals surface area contributed by atoms with E-state index in [2.05, 4.69) is 15.2 Å². The third kappa shape index (κ3) is 4.74. The van der Waals surface area contributed by atoms with Crippen LogP contribution in [-0.2, 0) is 19.9 Å². The molecule has 33 heavy (non-hydrogen) atoms. The first-order valence-corrected chi connectivity index (χ1v) is 14.3. The smallest absolute Gasteiger partial charge is 0.259 e. The molecule has 0 spiro atoms. The van der Waals surface area contributed by atoms with Gasteiger partial charge in [0.1, 0.15) is 0 Å². The highest BCUT2D eigenvalue weighted by Crippen LogP contribution is 2.31. The predicted octanol–water partition coefficient (Wildman–Crippen LogP) is 2.80. The van der Waals surface area contributed by atoms with E-state index in [1.165, 1.54) is 38.4 Å². The molecule has 0 saturated carbocycles. The van der Waals surface area contributed by atoms with E-state index in [9.17, 15) is 21.6 Å². The van der Waals surface area contributed by atoms with Crippen LogP contribution in [0.25, 0.3) is 10.2 Å². The number of sulfonamides is 1. The molecule has 1 aromatic heterocycles. The first-order valence-electron chi connectivity index (χ1n) is 10.2. The minimum absolute atomic E-state index is 0.0303. The topological polar surface area (TPSA) is 117 Å². The van der Waals surface area contributed by atoms with Gasteiger partial charge in [0.25, 0.3) is 5.91 Å². The average Bonchev–Trinajstić information content (AvgIpc) is 3.41. The Labute approximate surface area is 197 Å². The van der Waals surface area contributed by atoms with Crippen LogP contribution < -0.4 is 10.2 Å². The summed E-state index contributed by atoms with van der Waals surface area (Å²) in [6.45, 7) is 1.57. The van der Waals surface area contributed by atoms with E-state index in [0.29, 0.717) is 21.0 Å². The number of sulfone groups is 1. The van der Waals surface area contributed by atoms with E-state index in [1.807, 2.05) is 0 Å². The van der Waals surface area contributed by atoms with Crippen molar-refractivity contribution in [1.29, 1.82) is 0 Å². The number of amides is 1. The Hall–Kier alpha value is -2.54. The fourth-order valence-corrected chi connectivity index (χ4v) is 6.21. The van der Waals surface area contributed by atoms with Crippen LogP contribution in [0.15, 0.2) is 46.2 Å². The highest BCUT2D eigenvalue weighted by molar-refractivity contribution is 7.90. The Balaban J connectivity index is 1.72. The summed E-state index contributed by atoms with van der Waals surface area (Å²) in [6.07, 6.45) is 3.13. The molecule has 3 aromatic rings. The number of aromatic nitrogens is 1. The van der Waals surface area contributed by atoms with Gasteiger partial charge in [-0.15, -0.1) is 0 Å². The van der Waals surface area contributed by atoms with Crippen LogP contribution in [0.1, 0.15) is 23.2 Å². The second-order valence-electron chi connectivity index (χ2n) is 8.04. The quantitative estimate of drug-likeness (QED) is 0.544. The summed E-state index contributed by atoms with van der Waals surface area (Å²) in [5.41, 5.74) is 1.48. The number of rotatable bonds is 6. The molecule has 1 saturated heterocycles. The minimum atomic E-state index is -3.72. The number of carbonyl (C=O) groups is 1. The van der Waals surface area contributed by atoms with Crippen LogP contribution in [0, 0.1) is 0 Å². The summed E-state index contributed by atoms with van der Waals surface area (Å²) < 4.78 is 50.7. The number of hydrogen-bond acceptors (Lipinski definition) is 8. The zero-order valence-electron chi connectivity index (χ0n) is 18.4. The first-order chi connectivity index (χ1) is 15.5. The molecule has 0 radical (unpaired) electrons. The van der Waals surface area contributed by atoms with Crippen LogP contribution >= 0.6 is 11.3 Å². The maximum absolute atomic E-state index is 13.3. The number of nitrogens with zero attached hydrogens (tertiary/aromatic N) is 3. The van der Waals surface area contributed by atoms with Gasteiger partial charge in [0.05, 0.1) is 25.6 Å². The van der Waals surface area contributed by atoms with E-state index in [-0.39, 0.29) is 15.4 Å². The third-order valence-corrected chi connectivity index (χ3v) is 9.30. The number of hydrogen-bond donors (Lipinski definition) is 1. The molecule has 1 N–H and O–H groups in total. The molecule has 0 unspecified atom stereocenters. The van der Waals surface area contributed by atoms with Crippen molar-refractivity contribution in [3.63, 3.8) is 0 Å². The molecule has 0 atom stereocenters.